The number of aryl methyl sites for hydroxylation is 1. The molecule has 3 rings (SSSR count). The fourth-order valence-corrected chi connectivity index (χ4v) is 2.50. The minimum atomic E-state index is 0.0521. The molecule has 1 aromatic heterocycles. The highest BCUT2D eigenvalue weighted by atomic mass is 16.5. The lowest BCUT2D eigenvalue weighted by Gasteiger charge is -2.22. The Kier molecular flexibility index (Phi) is 3.37. The minimum Gasteiger partial charge on any atom is -0.493 e. The summed E-state index contributed by atoms with van der Waals surface area (Å²) < 4.78 is 5.71. The summed E-state index contributed by atoms with van der Waals surface area (Å²) in [6, 6.07) is 7.86. The first kappa shape index (κ1) is 12.7. The van der Waals surface area contributed by atoms with Crippen LogP contribution < -0.4 is 10.1 Å². The molecule has 1 N–H and O–H groups in total. The van der Waals surface area contributed by atoms with E-state index >= 15 is 0 Å². The normalized spacial score (nSPS) is 13.6. The van der Waals surface area contributed by atoms with Crippen LogP contribution in [0.1, 0.15) is 18.9 Å². The molecule has 1 aromatic carbocycles. The fourth-order valence-electron chi connectivity index (χ4n) is 2.50. The molecule has 0 aliphatic carbocycles. The summed E-state index contributed by atoms with van der Waals surface area (Å²) in [6.07, 6.45) is 4.82. The monoisotopic (exact) mass is 268 g/mol. The zero-order valence-corrected chi connectivity index (χ0v) is 11.3. The Hall–Kier alpha value is -2.36. The van der Waals surface area contributed by atoms with Crippen LogP contribution in [0.5, 0.6) is 5.75 Å². The summed E-state index contributed by atoms with van der Waals surface area (Å²) in [4.78, 5) is 15.9. The second-order valence-corrected chi connectivity index (χ2v) is 4.70. The number of carbonyl (C=O) groups is 1. The molecule has 0 saturated heterocycles. The molecule has 1 aliphatic rings. The van der Waals surface area contributed by atoms with E-state index in [-0.39, 0.29) is 5.91 Å². The van der Waals surface area contributed by atoms with Gasteiger partial charge in [-0.2, -0.15) is 0 Å². The van der Waals surface area contributed by atoms with Crippen LogP contribution in [-0.2, 0) is 11.2 Å². The number of nitrogens with one attached hydrogen (secondary N) is 1. The van der Waals surface area contributed by atoms with Crippen LogP contribution in [0.25, 0.3) is 11.1 Å². The maximum atomic E-state index is 11.7. The van der Waals surface area contributed by atoms with Crippen molar-refractivity contribution in [3.8, 4) is 16.9 Å². The number of nitrogens with zero attached hydrogens (tertiary/aromatic N) is 1. The van der Waals surface area contributed by atoms with Gasteiger partial charge >= 0.3 is 0 Å². The number of aromatic nitrogens is 1. The predicted molar refractivity (Wildman–Crippen MR) is 77.8 cm³/mol. The highest BCUT2D eigenvalue weighted by molar-refractivity contribution is 6.00. The lowest BCUT2D eigenvalue weighted by atomic mass is 9.95. The molecular formula is C16H16N2O2. The van der Waals surface area contributed by atoms with Gasteiger partial charge in [-0.15, -0.1) is 0 Å². The molecular weight excluding hydrogens is 252 g/mol. The van der Waals surface area contributed by atoms with Crippen LogP contribution in [-0.4, -0.2) is 17.5 Å². The van der Waals surface area contributed by atoms with Crippen LogP contribution >= 0.6 is 0 Å². The van der Waals surface area contributed by atoms with Gasteiger partial charge < -0.3 is 10.1 Å². The zero-order valence-electron chi connectivity index (χ0n) is 11.3. The van der Waals surface area contributed by atoms with Crippen molar-refractivity contribution < 1.29 is 9.53 Å². The number of hydrogen-bond donors (Lipinski definition) is 1. The van der Waals surface area contributed by atoms with Crippen LogP contribution in [0, 0.1) is 0 Å². The van der Waals surface area contributed by atoms with Gasteiger partial charge in [0.2, 0.25) is 5.91 Å². The number of benzene rings is 1. The Labute approximate surface area is 117 Å². The van der Waals surface area contributed by atoms with Crippen molar-refractivity contribution in [2.45, 2.75) is 19.8 Å². The van der Waals surface area contributed by atoms with E-state index in [1.165, 1.54) is 0 Å². The molecule has 2 heterocycles. The standard InChI is InChI=1S/C16H16N2O2/c1-2-20-13-7-5-11-6-8-14(19)18-16(11)15(13)12-4-3-9-17-10-12/h3-5,7,9-10H,2,6,8H2,1H3,(H,18,19). The largest absolute Gasteiger partial charge is 0.493 e. The van der Waals surface area contributed by atoms with Crippen molar-refractivity contribution >= 4 is 11.6 Å². The van der Waals surface area contributed by atoms with Crippen LogP contribution in [0.15, 0.2) is 36.7 Å². The maximum Gasteiger partial charge on any atom is 0.224 e. The Morgan fingerprint density at radius 1 is 1.30 bits per heavy atom. The lowest BCUT2D eigenvalue weighted by molar-refractivity contribution is -0.116. The van der Waals surface area contributed by atoms with Gasteiger partial charge in [-0.05, 0) is 31.0 Å². The zero-order chi connectivity index (χ0) is 13.9. The lowest BCUT2D eigenvalue weighted by Crippen LogP contribution is -2.20. The smallest absolute Gasteiger partial charge is 0.224 e. The van der Waals surface area contributed by atoms with E-state index in [4.69, 9.17) is 4.74 Å². The molecule has 0 spiro atoms. The molecule has 0 saturated carbocycles. The first-order valence-electron chi connectivity index (χ1n) is 6.78. The molecule has 1 amide bonds. The van der Waals surface area contributed by atoms with Gasteiger partial charge in [-0.3, -0.25) is 9.78 Å². The third kappa shape index (κ3) is 2.25. The first-order valence-corrected chi connectivity index (χ1v) is 6.78. The van der Waals surface area contributed by atoms with E-state index in [1.54, 1.807) is 12.4 Å². The summed E-state index contributed by atoms with van der Waals surface area (Å²) in [7, 11) is 0. The topological polar surface area (TPSA) is 51.2 Å². The molecule has 0 atom stereocenters. The molecule has 0 radical (unpaired) electrons. The number of fused-ring (bicyclic) bond motifs is 1. The van der Waals surface area contributed by atoms with Gasteiger partial charge in [-0.1, -0.05) is 12.1 Å². The minimum absolute atomic E-state index is 0.0521. The number of anilines is 1. The summed E-state index contributed by atoms with van der Waals surface area (Å²) in [5.41, 5.74) is 3.88. The molecule has 0 fully saturated rings. The van der Waals surface area contributed by atoms with E-state index < -0.39 is 0 Å². The SMILES string of the molecule is CCOc1ccc2c(c1-c1cccnc1)NC(=O)CC2. The second kappa shape index (κ2) is 5.33. The number of hydrogen-bond acceptors (Lipinski definition) is 3. The van der Waals surface area contributed by atoms with Gasteiger partial charge in [-0.25, -0.2) is 0 Å². The third-order valence-electron chi connectivity index (χ3n) is 3.39. The molecule has 0 bridgehead atoms. The van der Waals surface area contributed by atoms with Crippen LogP contribution in [0.4, 0.5) is 5.69 Å². The molecule has 2 aromatic rings. The highest BCUT2D eigenvalue weighted by Gasteiger charge is 2.22. The maximum absolute atomic E-state index is 11.7. The van der Waals surface area contributed by atoms with Crippen molar-refractivity contribution in [1.82, 2.24) is 4.98 Å². The van der Waals surface area contributed by atoms with Crippen LogP contribution in [0.3, 0.4) is 0 Å². The number of pyridine rings is 1. The number of rotatable bonds is 3. The summed E-state index contributed by atoms with van der Waals surface area (Å²) in [5.74, 6) is 0.831. The van der Waals surface area contributed by atoms with Crippen molar-refractivity contribution in [2.75, 3.05) is 11.9 Å². The fraction of sp³-hybridized carbons (Fsp3) is 0.250. The van der Waals surface area contributed by atoms with Gasteiger partial charge in [0.15, 0.2) is 0 Å². The van der Waals surface area contributed by atoms with E-state index in [1.807, 2.05) is 31.2 Å². The average Bonchev–Trinajstić information content (AvgIpc) is 2.48. The Bertz CT molecular complexity index is 638. The number of amides is 1. The molecule has 4 heteroatoms. The average molecular weight is 268 g/mol. The predicted octanol–water partition coefficient (Wildman–Crippen LogP) is 3.03. The van der Waals surface area contributed by atoms with Crippen molar-refractivity contribution in [3.05, 3.63) is 42.2 Å². The molecule has 1 aliphatic heterocycles. The Balaban J connectivity index is 2.20. The first-order chi connectivity index (χ1) is 9.79. The number of carbonyl (C=O) groups excluding carboxylic acids is 1. The summed E-state index contributed by atoms with van der Waals surface area (Å²) >= 11 is 0. The summed E-state index contributed by atoms with van der Waals surface area (Å²) in [6.45, 7) is 2.53. The van der Waals surface area contributed by atoms with Crippen LogP contribution in [0.2, 0.25) is 0 Å². The third-order valence-corrected chi connectivity index (χ3v) is 3.39. The van der Waals surface area contributed by atoms with E-state index in [9.17, 15) is 4.79 Å². The molecule has 4 nitrogen and oxygen atoms in total. The van der Waals surface area contributed by atoms with Gasteiger partial charge in [0.1, 0.15) is 5.75 Å². The Morgan fingerprint density at radius 2 is 2.20 bits per heavy atom. The van der Waals surface area contributed by atoms with E-state index in [0.717, 1.165) is 34.5 Å². The Morgan fingerprint density at radius 3 is 2.95 bits per heavy atom. The van der Waals surface area contributed by atoms with Crippen molar-refractivity contribution in [3.63, 3.8) is 0 Å². The molecule has 0 unspecified atom stereocenters. The van der Waals surface area contributed by atoms with Gasteiger partial charge in [0.25, 0.3) is 0 Å². The summed E-state index contributed by atoms with van der Waals surface area (Å²) in [5, 5.41) is 2.98. The highest BCUT2D eigenvalue weighted by Crippen LogP contribution is 2.40. The van der Waals surface area contributed by atoms with E-state index in [0.29, 0.717) is 13.0 Å². The van der Waals surface area contributed by atoms with E-state index in [2.05, 4.69) is 10.3 Å². The molecule has 20 heavy (non-hydrogen) atoms. The quantitative estimate of drug-likeness (QED) is 0.930. The molecule has 102 valence electrons. The van der Waals surface area contributed by atoms with Crippen molar-refractivity contribution in [1.29, 1.82) is 0 Å². The van der Waals surface area contributed by atoms with Gasteiger partial charge in [0.05, 0.1) is 12.3 Å². The second-order valence-electron chi connectivity index (χ2n) is 4.70. The van der Waals surface area contributed by atoms with Gasteiger partial charge in [0, 0.05) is 29.9 Å². The van der Waals surface area contributed by atoms with Crippen molar-refractivity contribution in [2.24, 2.45) is 0 Å². The number of ether oxygens (including phenoxy) is 1.